The number of hydrogen-bond acceptors (Lipinski definition) is 2. The first-order valence-corrected chi connectivity index (χ1v) is 5.78. The molecule has 0 amide bonds. The van der Waals surface area contributed by atoms with Crippen molar-refractivity contribution in [2.24, 2.45) is 11.7 Å². The highest BCUT2D eigenvalue weighted by molar-refractivity contribution is 5.78. The van der Waals surface area contributed by atoms with E-state index in [0.29, 0.717) is 5.92 Å². The van der Waals surface area contributed by atoms with Crippen molar-refractivity contribution >= 4 is 10.9 Å². The van der Waals surface area contributed by atoms with Crippen LogP contribution in [0.3, 0.4) is 0 Å². The highest BCUT2D eigenvalue weighted by Gasteiger charge is 2.09. The third kappa shape index (κ3) is 2.39. The Morgan fingerprint density at radius 1 is 1.12 bits per heavy atom. The third-order valence-corrected chi connectivity index (χ3v) is 2.73. The van der Waals surface area contributed by atoms with Gasteiger partial charge in [-0.1, -0.05) is 38.1 Å². The largest absolute Gasteiger partial charge is 0.323 e. The normalized spacial score (nSPS) is 13.2. The molecule has 2 N–H and O–H groups in total. The Kier molecular flexibility index (Phi) is 3.20. The van der Waals surface area contributed by atoms with Gasteiger partial charge in [0.25, 0.3) is 0 Å². The van der Waals surface area contributed by atoms with Crippen molar-refractivity contribution < 1.29 is 0 Å². The number of fused-ring (bicyclic) bond motifs is 1. The first-order chi connectivity index (χ1) is 7.66. The van der Waals surface area contributed by atoms with Gasteiger partial charge in [-0.15, -0.1) is 0 Å². The molecule has 2 heteroatoms. The number of benzene rings is 1. The summed E-state index contributed by atoms with van der Waals surface area (Å²) in [6.07, 6.45) is 0.978. The van der Waals surface area contributed by atoms with Crippen molar-refractivity contribution in [2.75, 3.05) is 0 Å². The number of hydrogen-bond donors (Lipinski definition) is 1. The molecule has 0 unspecified atom stereocenters. The molecule has 1 aromatic heterocycles. The molecule has 0 saturated heterocycles. The van der Waals surface area contributed by atoms with Crippen LogP contribution in [0.15, 0.2) is 36.4 Å². The van der Waals surface area contributed by atoms with Gasteiger partial charge >= 0.3 is 0 Å². The molecule has 2 nitrogen and oxygen atoms in total. The maximum atomic E-state index is 6.12. The van der Waals surface area contributed by atoms with Gasteiger partial charge in [-0.3, -0.25) is 4.98 Å². The predicted molar refractivity (Wildman–Crippen MR) is 68.1 cm³/mol. The van der Waals surface area contributed by atoms with Crippen LogP contribution in [0.25, 0.3) is 10.9 Å². The number of pyridine rings is 1. The molecule has 0 aliphatic rings. The fourth-order valence-electron chi connectivity index (χ4n) is 1.92. The van der Waals surface area contributed by atoms with Crippen molar-refractivity contribution in [3.63, 3.8) is 0 Å². The molecule has 2 aromatic rings. The molecule has 0 fully saturated rings. The van der Waals surface area contributed by atoms with Crippen LogP contribution in [0.4, 0.5) is 0 Å². The monoisotopic (exact) mass is 214 g/mol. The molecule has 0 aliphatic carbocycles. The smallest absolute Gasteiger partial charge is 0.0706 e. The van der Waals surface area contributed by atoms with Crippen molar-refractivity contribution in [3.05, 3.63) is 42.1 Å². The maximum absolute atomic E-state index is 6.12. The van der Waals surface area contributed by atoms with Crippen LogP contribution < -0.4 is 5.73 Å². The number of aromatic nitrogens is 1. The third-order valence-electron chi connectivity index (χ3n) is 2.73. The van der Waals surface area contributed by atoms with E-state index in [9.17, 15) is 0 Å². The predicted octanol–water partition coefficient (Wildman–Crippen LogP) is 3.28. The van der Waals surface area contributed by atoms with Gasteiger partial charge in [-0.2, -0.15) is 0 Å². The molecule has 2 rings (SSSR count). The average Bonchev–Trinajstić information content (AvgIpc) is 2.27. The van der Waals surface area contributed by atoms with E-state index in [-0.39, 0.29) is 6.04 Å². The molecule has 84 valence electrons. The molecule has 0 spiro atoms. The van der Waals surface area contributed by atoms with Crippen LogP contribution in [0.1, 0.15) is 32.0 Å². The van der Waals surface area contributed by atoms with E-state index in [0.717, 1.165) is 17.6 Å². The first-order valence-electron chi connectivity index (χ1n) is 5.78. The van der Waals surface area contributed by atoms with Crippen LogP contribution in [-0.4, -0.2) is 4.98 Å². The zero-order chi connectivity index (χ0) is 11.5. The lowest BCUT2D eigenvalue weighted by atomic mass is 10.0. The van der Waals surface area contributed by atoms with Gasteiger partial charge in [-0.25, -0.2) is 0 Å². The Bertz CT molecular complexity index is 477. The van der Waals surface area contributed by atoms with Crippen LogP contribution in [-0.2, 0) is 0 Å². The summed E-state index contributed by atoms with van der Waals surface area (Å²) < 4.78 is 0. The minimum Gasteiger partial charge on any atom is -0.323 e. The van der Waals surface area contributed by atoms with Crippen LogP contribution in [0, 0.1) is 5.92 Å². The SMILES string of the molecule is CC(C)C[C@H](N)c1ccc2ccccc2n1. The lowest BCUT2D eigenvalue weighted by Crippen LogP contribution is -2.14. The maximum Gasteiger partial charge on any atom is 0.0706 e. The van der Waals surface area contributed by atoms with Gasteiger partial charge in [-0.05, 0) is 24.5 Å². The van der Waals surface area contributed by atoms with E-state index >= 15 is 0 Å². The summed E-state index contributed by atoms with van der Waals surface area (Å²) >= 11 is 0. The van der Waals surface area contributed by atoms with Gasteiger partial charge < -0.3 is 5.73 Å². The first kappa shape index (κ1) is 11.1. The van der Waals surface area contributed by atoms with E-state index in [2.05, 4.69) is 31.0 Å². The second kappa shape index (κ2) is 4.62. The van der Waals surface area contributed by atoms with Crippen LogP contribution >= 0.6 is 0 Å². The molecule has 0 radical (unpaired) electrons. The number of rotatable bonds is 3. The standard InChI is InChI=1S/C14H18N2/c1-10(2)9-12(15)14-8-7-11-5-3-4-6-13(11)16-14/h3-8,10,12H,9,15H2,1-2H3/t12-/m0/s1. The number of nitrogens with zero attached hydrogens (tertiary/aromatic N) is 1. The van der Waals surface area contributed by atoms with Crippen molar-refractivity contribution in [1.82, 2.24) is 4.98 Å². The second-order valence-electron chi connectivity index (χ2n) is 4.66. The summed E-state index contributed by atoms with van der Waals surface area (Å²) in [5, 5.41) is 1.17. The second-order valence-corrected chi connectivity index (χ2v) is 4.66. The van der Waals surface area contributed by atoms with Crippen molar-refractivity contribution in [2.45, 2.75) is 26.3 Å². The molecular weight excluding hydrogens is 196 g/mol. The summed E-state index contributed by atoms with van der Waals surface area (Å²) in [6, 6.07) is 12.3. The zero-order valence-corrected chi connectivity index (χ0v) is 9.85. The molecule has 1 atom stereocenters. The molecule has 0 saturated carbocycles. The summed E-state index contributed by atoms with van der Waals surface area (Å²) in [6.45, 7) is 4.36. The van der Waals surface area contributed by atoms with Crippen molar-refractivity contribution in [3.8, 4) is 0 Å². The summed E-state index contributed by atoms with van der Waals surface area (Å²) in [4.78, 5) is 4.60. The van der Waals surface area contributed by atoms with Gasteiger partial charge in [0.05, 0.1) is 11.2 Å². The Balaban J connectivity index is 2.32. The lowest BCUT2D eigenvalue weighted by Gasteiger charge is -2.13. The Morgan fingerprint density at radius 3 is 2.62 bits per heavy atom. The fourth-order valence-corrected chi connectivity index (χ4v) is 1.92. The molecule has 1 heterocycles. The van der Waals surface area contributed by atoms with Gasteiger partial charge in [0.15, 0.2) is 0 Å². The lowest BCUT2D eigenvalue weighted by molar-refractivity contribution is 0.503. The average molecular weight is 214 g/mol. The number of nitrogens with two attached hydrogens (primary N) is 1. The molecule has 0 bridgehead atoms. The molecular formula is C14H18N2. The van der Waals surface area contributed by atoms with Gasteiger partial charge in [0, 0.05) is 11.4 Å². The van der Waals surface area contributed by atoms with Gasteiger partial charge in [0.2, 0.25) is 0 Å². The Labute approximate surface area is 96.5 Å². The number of para-hydroxylation sites is 1. The Hall–Kier alpha value is -1.41. The molecule has 1 aromatic carbocycles. The molecule has 0 aliphatic heterocycles. The summed E-state index contributed by atoms with van der Waals surface area (Å²) in [7, 11) is 0. The van der Waals surface area contributed by atoms with Crippen molar-refractivity contribution in [1.29, 1.82) is 0 Å². The van der Waals surface area contributed by atoms with Crippen LogP contribution in [0.5, 0.6) is 0 Å². The summed E-state index contributed by atoms with van der Waals surface area (Å²) in [5.74, 6) is 0.600. The van der Waals surface area contributed by atoms with E-state index in [4.69, 9.17) is 5.73 Å². The van der Waals surface area contributed by atoms with E-state index in [1.807, 2.05) is 24.3 Å². The Morgan fingerprint density at radius 2 is 1.88 bits per heavy atom. The zero-order valence-electron chi connectivity index (χ0n) is 9.85. The fraction of sp³-hybridized carbons (Fsp3) is 0.357. The van der Waals surface area contributed by atoms with E-state index in [1.54, 1.807) is 0 Å². The minimum absolute atomic E-state index is 0.0459. The summed E-state index contributed by atoms with van der Waals surface area (Å²) in [5.41, 5.74) is 8.14. The van der Waals surface area contributed by atoms with E-state index in [1.165, 1.54) is 5.39 Å². The highest BCUT2D eigenvalue weighted by Crippen LogP contribution is 2.19. The topological polar surface area (TPSA) is 38.9 Å². The highest BCUT2D eigenvalue weighted by atomic mass is 14.8. The van der Waals surface area contributed by atoms with Crippen LogP contribution in [0.2, 0.25) is 0 Å². The van der Waals surface area contributed by atoms with Gasteiger partial charge in [0.1, 0.15) is 0 Å². The quantitative estimate of drug-likeness (QED) is 0.851. The van der Waals surface area contributed by atoms with E-state index < -0.39 is 0 Å². The molecule has 16 heavy (non-hydrogen) atoms. The minimum atomic E-state index is 0.0459.